The summed E-state index contributed by atoms with van der Waals surface area (Å²) in [4.78, 5) is 22.4. The van der Waals surface area contributed by atoms with Crippen LogP contribution in [0.1, 0.15) is 16.9 Å². The van der Waals surface area contributed by atoms with Crippen molar-refractivity contribution in [3.05, 3.63) is 42.2 Å². The van der Waals surface area contributed by atoms with E-state index in [-0.39, 0.29) is 24.4 Å². The minimum absolute atomic E-state index is 0.0176. The predicted octanol–water partition coefficient (Wildman–Crippen LogP) is 2.21. The number of carbonyl (C=O) groups is 2. The second-order valence-electron chi connectivity index (χ2n) is 4.46. The Bertz CT molecular complexity index is 686. The molecular formula is C14H13F2N3O4. The maximum atomic E-state index is 12.0. The molecule has 0 saturated heterocycles. The zero-order chi connectivity index (χ0) is 16.8. The fourth-order valence-electron chi connectivity index (χ4n) is 1.73. The molecule has 1 heterocycles. The van der Waals surface area contributed by atoms with Gasteiger partial charge in [0.15, 0.2) is 5.69 Å². The number of carboxylic acids is 1. The number of rotatable bonds is 7. The quantitative estimate of drug-likeness (QED) is 0.814. The Hall–Kier alpha value is -2.97. The molecule has 0 fully saturated rings. The Balaban J connectivity index is 1.94. The van der Waals surface area contributed by atoms with Crippen LogP contribution in [0, 0.1) is 0 Å². The van der Waals surface area contributed by atoms with Crippen molar-refractivity contribution in [1.29, 1.82) is 0 Å². The second-order valence-corrected chi connectivity index (χ2v) is 4.46. The molecule has 7 nitrogen and oxygen atoms in total. The number of aromatic nitrogens is 2. The summed E-state index contributed by atoms with van der Waals surface area (Å²) in [5, 5.41) is 15.1. The van der Waals surface area contributed by atoms with Crippen LogP contribution >= 0.6 is 0 Å². The zero-order valence-electron chi connectivity index (χ0n) is 11.8. The van der Waals surface area contributed by atoms with Crippen molar-refractivity contribution < 1.29 is 28.2 Å². The van der Waals surface area contributed by atoms with Crippen LogP contribution in [0.3, 0.4) is 0 Å². The number of carboxylic acid groups (broad SMARTS) is 1. The molecule has 0 radical (unpaired) electrons. The molecule has 2 rings (SSSR count). The van der Waals surface area contributed by atoms with Gasteiger partial charge in [-0.3, -0.25) is 14.3 Å². The molecule has 1 amide bonds. The first kappa shape index (κ1) is 16.4. The Morgan fingerprint density at radius 3 is 2.57 bits per heavy atom. The normalized spacial score (nSPS) is 10.6. The lowest BCUT2D eigenvalue weighted by Gasteiger charge is -2.06. The summed E-state index contributed by atoms with van der Waals surface area (Å²) in [6, 6.07) is 6.87. The molecule has 0 aliphatic heterocycles. The third-order valence-corrected chi connectivity index (χ3v) is 2.77. The van der Waals surface area contributed by atoms with Crippen LogP contribution in [-0.2, 0) is 11.3 Å². The van der Waals surface area contributed by atoms with Crippen molar-refractivity contribution in [2.24, 2.45) is 0 Å². The van der Waals surface area contributed by atoms with Gasteiger partial charge < -0.3 is 15.2 Å². The number of hydrogen-bond acceptors (Lipinski definition) is 4. The maximum Gasteiger partial charge on any atom is 0.387 e. The molecule has 0 spiro atoms. The molecule has 23 heavy (non-hydrogen) atoms. The van der Waals surface area contributed by atoms with Crippen LogP contribution in [-0.4, -0.2) is 33.4 Å². The van der Waals surface area contributed by atoms with E-state index < -0.39 is 18.5 Å². The number of alkyl halides is 2. The Labute approximate surface area is 129 Å². The van der Waals surface area contributed by atoms with Crippen molar-refractivity contribution in [3.63, 3.8) is 0 Å². The van der Waals surface area contributed by atoms with E-state index in [1.54, 1.807) is 0 Å². The number of aliphatic carboxylic acids is 1. The third-order valence-electron chi connectivity index (χ3n) is 2.77. The predicted molar refractivity (Wildman–Crippen MR) is 75.5 cm³/mol. The molecule has 0 atom stereocenters. The summed E-state index contributed by atoms with van der Waals surface area (Å²) in [6.45, 7) is -2.76. The molecule has 0 aliphatic rings. The first-order valence-corrected chi connectivity index (χ1v) is 6.55. The minimum Gasteiger partial charge on any atom is -0.481 e. The van der Waals surface area contributed by atoms with Crippen molar-refractivity contribution in [3.8, 4) is 5.75 Å². The highest BCUT2D eigenvalue weighted by atomic mass is 19.3. The van der Waals surface area contributed by atoms with Crippen LogP contribution in [0.15, 0.2) is 36.5 Å². The number of aryl methyl sites for hydroxylation is 1. The van der Waals surface area contributed by atoms with E-state index in [1.807, 2.05) is 0 Å². The number of halogens is 2. The molecule has 2 N–H and O–H groups in total. The largest absolute Gasteiger partial charge is 0.481 e. The van der Waals surface area contributed by atoms with Crippen LogP contribution in [0.5, 0.6) is 5.75 Å². The average molecular weight is 325 g/mol. The van der Waals surface area contributed by atoms with Crippen molar-refractivity contribution in [2.45, 2.75) is 19.6 Å². The van der Waals surface area contributed by atoms with E-state index in [4.69, 9.17) is 5.11 Å². The van der Waals surface area contributed by atoms with E-state index >= 15 is 0 Å². The van der Waals surface area contributed by atoms with Gasteiger partial charge in [0.05, 0.1) is 13.0 Å². The van der Waals surface area contributed by atoms with Crippen LogP contribution in [0.4, 0.5) is 14.5 Å². The molecule has 1 aromatic heterocycles. The van der Waals surface area contributed by atoms with Gasteiger partial charge in [0.1, 0.15) is 5.75 Å². The molecular weight excluding hydrogens is 312 g/mol. The number of amides is 1. The second kappa shape index (κ2) is 7.34. The van der Waals surface area contributed by atoms with Gasteiger partial charge in [-0.2, -0.15) is 13.9 Å². The van der Waals surface area contributed by atoms with E-state index in [0.29, 0.717) is 5.69 Å². The van der Waals surface area contributed by atoms with Crippen molar-refractivity contribution >= 4 is 17.6 Å². The third kappa shape index (κ3) is 5.06. The number of hydrogen-bond donors (Lipinski definition) is 2. The summed E-state index contributed by atoms with van der Waals surface area (Å²) in [7, 11) is 0. The maximum absolute atomic E-state index is 12.0. The van der Waals surface area contributed by atoms with Gasteiger partial charge in [-0.25, -0.2) is 0 Å². The van der Waals surface area contributed by atoms with Gasteiger partial charge in [0.2, 0.25) is 0 Å². The highest BCUT2D eigenvalue weighted by Crippen LogP contribution is 2.18. The summed E-state index contributed by atoms with van der Waals surface area (Å²) in [5.74, 6) is -1.48. The van der Waals surface area contributed by atoms with Gasteiger partial charge in [0.25, 0.3) is 5.91 Å². The minimum atomic E-state index is -2.91. The summed E-state index contributed by atoms with van der Waals surface area (Å²) >= 11 is 0. The first-order chi connectivity index (χ1) is 10.9. The summed E-state index contributed by atoms with van der Waals surface area (Å²) in [5.41, 5.74) is 0.500. The van der Waals surface area contributed by atoms with Crippen LogP contribution in [0.25, 0.3) is 0 Å². The topological polar surface area (TPSA) is 93.5 Å². The van der Waals surface area contributed by atoms with E-state index in [9.17, 15) is 18.4 Å². The van der Waals surface area contributed by atoms with Gasteiger partial charge in [0, 0.05) is 11.9 Å². The lowest BCUT2D eigenvalue weighted by Crippen LogP contribution is -2.14. The van der Waals surface area contributed by atoms with Crippen LogP contribution in [0.2, 0.25) is 0 Å². The number of ether oxygens (including phenoxy) is 1. The fraction of sp³-hybridized carbons (Fsp3) is 0.214. The number of nitrogens with zero attached hydrogens (tertiary/aromatic N) is 2. The summed E-state index contributed by atoms with van der Waals surface area (Å²) < 4.78 is 29.6. The Kier molecular flexibility index (Phi) is 5.23. The molecule has 122 valence electrons. The van der Waals surface area contributed by atoms with E-state index in [1.165, 1.54) is 41.2 Å². The molecule has 0 bridgehead atoms. The molecule has 0 saturated carbocycles. The number of carbonyl (C=O) groups excluding carboxylic acids is 1. The highest BCUT2D eigenvalue weighted by molar-refractivity contribution is 6.02. The SMILES string of the molecule is O=C(O)CCn1ccc(C(=O)Nc2ccc(OC(F)F)cc2)n1. The van der Waals surface area contributed by atoms with Gasteiger partial charge in [-0.1, -0.05) is 0 Å². The zero-order valence-corrected chi connectivity index (χ0v) is 11.8. The standard InChI is InChI=1S/C14H13F2N3O4/c15-14(16)23-10-3-1-9(2-4-10)17-13(22)11-5-7-19(18-11)8-6-12(20)21/h1-5,7,14H,6,8H2,(H,17,22)(H,20,21). The smallest absolute Gasteiger partial charge is 0.387 e. The lowest BCUT2D eigenvalue weighted by molar-refractivity contribution is -0.137. The molecule has 0 unspecified atom stereocenters. The van der Waals surface area contributed by atoms with Crippen molar-refractivity contribution in [1.82, 2.24) is 9.78 Å². The van der Waals surface area contributed by atoms with Gasteiger partial charge in [-0.05, 0) is 30.3 Å². The molecule has 0 aliphatic carbocycles. The summed E-state index contributed by atoms with van der Waals surface area (Å²) in [6.07, 6.45) is 1.39. The monoisotopic (exact) mass is 325 g/mol. The number of benzene rings is 1. The van der Waals surface area contributed by atoms with Gasteiger partial charge in [-0.15, -0.1) is 0 Å². The molecule has 2 aromatic rings. The average Bonchev–Trinajstić information content (AvgIpc) is 2.95. The van der Waals surface area contributed by atoms with Crippen LogP contribution < -0.4 is 10.1 Å². The molecule has 9 heteroatoms. The Morgan fingerprint density at radius 1 is 1.26 bits per heavy atom. The van der Waals surface area contributed by atoms with E-state index in [0.717, 1.165) is 0 Å². The van der Waals surface area contributed by atoms with Gasteiger partial charge >= 0.3 is 12.6 Å². The highest BCUT2D eigenvalue weighted by Gasteiger charge is 2.11. The lowest BCUT2D eigenvalue weighted by atomic mass is 10.3. The Morgan fingerprint density at radius 2 is 1.96 bits per heavy atom. The molecule has 1 aromatic carbocycles. The fourth-order valence-corrected chi connectivity index (χ4v) is 1.73. The first-order valence-electron chi connectivity index (χ1n) is 6.55. The number of nitrogens with one attached hydrogen (secondary N) is 1. The number of anilines is 1. The van der Waals surface area contributed by atoms with E-state index in [2.05, 4.69) is 15.2 Å². The van der Waals surface area contributed by atoms with Crippen molar-refractivity contribution in [2.75, 3.05) is 5.32 Å².